The van der Waals surface area contributed by atoms with Crippen LogP contribution in [-0.2, 0) is 0 Å². The number of aromatic nitrogens is 1. The zero-order valence-corrected chi connectivity index (χ0v) is 16.0. The van der Waals surface area contributed by atoms with Crippen molar-refractivity contribution in [1.82, 2.24) is 9.88 Å². The van der Waals surface area contributed by atoms with Gasteiger partial charge in [0.1, 0.15) is 0 Å². The van der Waals surface area contributed by atoms with Gasteiger partial charge in [0.05, 0.1) is 11.1 Å². The van der Waals surface area contributed by atoms with Gasteiger partial charge in [-0.25, -0.2) is 0 Å². The first-order valence-electron chi connectivity index (χ1n) is 9.09. The molecule has 0 aliphatic rings. The molecule has 0 aliphatic carbocycles. The number of carbonyl (C=O) groups excluding carboxylic acids is 2. The van der Waals surface area contributed by atoms with E-state index in [0.29, 0.717) is 24.2 Å². The number of hydrogen-bond donors (Lipinski definition) is 1. The zero-order chi connectivity index (χ0) is 19.1. The Balaban J connectivity index is 2.21. The molecule has 5 heteroatoms. The summed E-state index contributed by atoms with van der Waals surface area (Å²) in [6.07, 6.45) is 4.80. The predicted octanol–water partition coefficient (Wildman–Crippen LogP) is 4.21. The lowest BCUT2D eigenvalue weighted by Gasteiger charge is -2.21. The molecule has 0 radical (unpaired) electrons. The Morgan fingerprint density at radius 3 is 2.31 bits per heavy atom. The number of pyridine rings is 1. The van der Waals surface area contributed by atoms with Crippen molar-refractivity contribution in [2.45, 2.75) is 40.5 Å². The molecule has 0 bridgehead atoms. The number of nitrogens with zero attached hydrogens (tertiary/aromatic N) is 2. The monoisotopic (exact) mass is 353 g/mol. The van der Waals surface area contributed by atoms with E-state index in [0.717, 1.165) is 29.7 Å². The number of benzene rings is 1. The van der Waals surface area contributed by atoms with Crippen molar-refractivity contribution in [1.29, 1.82) is 0 Å². The molecule has 0 unspecified atom stereocenters. The molecule has 2 aromatic rings. The fourth-order valence-corrected chi connectivity index (χ4v) is 2.78. The molecular weight excluding hydrogens is 326 g/mol. The first-order chi connectivity index (χ1) is 12.5. The molecule has 0 saturated carbocycles. The Bertz CT molecular complexity index is 781. The second-order valence-corrected chi connectivity index (χ2v) is 6.53. The Labute approximate surface area is 155 Å². The number of amides is 2. The van der Waals surface area contributed by atoms with Gasteiger partial charge >= 0.3 is 0 Å². The molecule has 2 rings (SSSR count). The number of rotatable bonds is 7. The van der Waals surface area contributed by atoms with Crippen molar-refractivity contribution in [2.75, 3.05) is 18.4 Å². The van der Waals surface area contributed by atoms with Gasteiger partial charge in [0.25, 0.3) is 11.8 Å². The van der Waals surface area contributed by atoms with Crippen LogP contribution in [0.3, 0.4) is 0 Å². The lowest BCUT2D eigenvalue weighted by molar-refractivity contribution is 0.0755. The highest BCUT2D eigenvalue weighted by Gasteiger charge is 2.17. The van der Waals surface area contributed by atoms with Crippen LogP contribution >= 0.6 is 0 Å². The zero-order valence-electron chi connectivity index (χ0n) is 16.0. The van der Waals surface area contributed by atoms with Crippen LogP contribution in [0.5, 0.6) is 0 Å². The van der Waals surface area contributed by atoms with Crippen molar-refractivity contribution in [3.63, 3.8) is 0 Å². The quantitative estimate of drug-likeness (QED) is 0.811. The SMILES string of the molecule is CCCN(CCC)C(=O)c1cncc(C(=O)Nc2cc(C)ccc2C)c1. The normalized spacial score (nSPS) is 10.5. The Morgan fingerprint density at radius 2 is 1.65 bits per heavy atom. The predicted molar refractivity (Wildman–Crippen MR) is 105 cm³/mol. The fraction of sp³-hybridized carbons (Fsp3) is 0.381. The molecule has 1 aromatic heterocycles. The van der Waals surface area contributed by atoms with E-state index in [2.05, 4.69) is 10.3 Å². The van der Waals surface area contributed by atoms with Crippen molar-refractivity contribution in [3.8, 4) is 0 Å². The third-order valence-corrected chi connectivity index (χ3v) is 4.16. The van der Waals surface area contributed by atoms with E-state index in [1.54, 1.807) is 6.07 Å². The van der Waals surface area contributed by atoms with Gasteiger partial charge < -0.3 is 10.2 Å². The van der Waals surface area contributed by atoms with Crippen molar-refractivity contribution >= 4 is 17.5 Å². The molecule has 0 aliphatic heterocycles. The van der Waals surface area contributed by atoms with Gasteiger partial charge in [-0.2, -0.15) is 0 Å². The molecule has 1 N–H and O–H groups in total. The summed E-state index contributed by atoms with van der Waals surface area (Å²) in [5.41, 5.74) is 3.65. The lowest BCUT2D eigenvalue weighted by atomic mass is 10.1. The lowest BCUT2D eigenvalue weighted by Crippen LogP contribution is -2.32. The van der Waals surface area contributed by atoms with E-state index < -0.39 is 0 Å². The first kappa shape index (κ1) is 19.6. The van der Waals surface area contributed by atoms with Crippen molar-refractivity contribution in [2.24, 2.45) is 0 Å². The smallest absolute Gasteiger partial charge is 0.257 e. The standard InChI is InChI=1S/C21H27N3O2/c1-5-9-24(10-6-2)21(26)18-12-17(13-22-14-18)20(25)23-19-11-15(3)7-8-16(19)4/h7-8,11-14H,5-6,9-10H2,1-4H3,(H,23,25). The maximum absolute atomic E-state index is 12.7. The van der Waals surface area contributed by atoms with Crippen LogP contribution in [0.25, 0.3) is 0 Å². The van der Waals surface area contributed by atoms with Gasteiger partial charge in [-0.1, -0.05) is 26.0 Å². The number of nitrogens with one attached hydrogen (secondary N) is 1. The average Bonchev–Trinajstić information content (AvgIpc) is 2.64. The molecule has 138 valence electrons. The molecule has 5 nitrogen and oxygen atoms in total. The third kappa shape index (κ3) is 4.91. The maximum atomic E-state index is 12.7. The number of aryl methyl sites for hydroxylation is 2. The van der Waals surface area contributed by atoms with E-state index in [1.807, 2.05) is 50.8 Å². The molecular formula is C21H27N3O2. The summed E-state index contributed by atoms with van der Waals surface area (Å²) in [7, 11) is 0. The van der Waals surface area contributed by atoms with Crippen LogP contribution in [0.2, 0.25) is 0 Å². The molecule has 0 spiro atoms. The van der Waals surface area contributed by atoms with E-state index in [4.69, 9.17) is 0 Å². The summed E-state index contributed by atoms with van der Waals surface area (Å²) in [4.78, 5) is 31.2. The molecule has 2 amide bonds. The first-order valence-corrected chi connectivity index (χ1v) is 9.09. The van der Waals surface area contributed by atoms with Gasteiger partial charge in [-0.05, 0) is 49.9 Å². The van der Waals surface area contributed by atoms with Crippen LogP contribution in [0, 0.1) is 13.8 Å². The minimum atomic E-state index is -0.265. The summed E-state index contributed by atoms with van der Waals surface area (Å²) < 4.78 is 0. The molecule has 1 aromatic carbocycles. The van der Waals surface area contributed by atoms with Gasteiger partial charge in [-0.3, -0.25) is 14.6 Å². The van der Waals surface area contributed by atoms with Crippen molar-refractivity contribution in [3.05, 3.63) is 58.9 Å². The topological polar surface area (TPSA) is 62.3 Å². The molecule has 0 saturated heterocycles. The van der Waals surface area contributed by atoms with E-state index in [1.165, 1.54) is 12.4 Å². The molecule has 1 heterocycles. The minimum Gasteiger partial charge on any atom is -0.339 e. The molecule has 0 fully saturated rings. The Hall–Kier alpha value is -2.69. The molecule has 0 atom stereocenters. The Morgan fingerprint density at radius 1 is 1.00 bits per heavy atom. The summed E-state index contributed by atoms with van der Waals surface area (Å²) in [5.74, 6) is -0.346. The number of hydrogen-bond acceptors (Lipinski definition) is 3. The summed E-state index contributed by atoms with van der Waals surface area (Å²) in [6, 6.07) is 7.52. The second kappa shape index (κ2) is 9.13. The van der Waals surface area contributed by atoms with Crippen LogP contribution < -0.4 is 5.32 Å². The largest absolute Gasteiger partial charge is 0.339 e. The fourth-order valence-electron chi connectivity index (χ4n) is 2.78. The van der Waals surface area contributed by atoms with Gasteiger partial charge in [0.15, 0.2) is 0 Å². The van der Waals surface area contributed by atoms with Crippen LogP contribution in [0.1, 0.15) is 58.5 Å². The van der Waals surface area contributed by atoms with Gasteiger partial charge in [-0.15, -0.1) is 0 Å². The van der Waals surface area contributed by atoms with Gasteiger partial charge in [0, 0.05) is 31.2 Å². The summed E-state index contributed by atoms with van der Waals surface area (Å²) >= 11 is 0. The van der Waals surface area contributed by atoms with Crippen molar-refractivity contribution < 1.29 is 9.59 Å². The summed E-state index contributed by atoms with van der Waals surface area (Å²) in [5, 5.41) is 2.91. The maximum Gasteiger partial charge on any atom is 0.257 e. The number of anilines is 1. The third-order valence-electron chi connectivity index (χ3n) is 4.16. The summed E-state index contributed by atoms with van der Waals surface area (Å²) in [6.45, 7) is 9.41. The second-order valence-electron chi connectivity index (χ2n) is 6.53. The minimum absolute atomic E-state index is 0.0809. The van der Waals surface area contributed by atoms with Crippen LogP contribution in [-0.4, -0.2) is 34.8 Å². The van der Waals surface area contributed by atoms with Crippen LogP contribution in [0.4, 0.5) is 5.69 Å². The number of carbonyl (C=O) groups is 2. The average molecular weight is 353 g/mol. The van der Waals surface area contributed by atoms with Gasteiger partial charge in [0.2, 0.25) is 0 Å². The molecule has 26 heavy (non-hydrogen) atoms. The van der Waals surface area contributed by atoms with E-state index in [9.17, 15) is 9.59 Å². The Kier molecular flexibility index (Phi) is 6.89. The van der Waals surface area contributed by atoms with E-state index in [-0.39, 0.29) is 11.8 Å². The highest BCUT2D eigenvalue weighted by molar-refractivity contribution is 6.06. The van der Waals surface area contributed by atoms with E-state index >= 15 is 0 Å². The highest BCUT2D eigenvalue weighted by atomic mass is 16.2. The van der Waals surface area contributed by atoms with Crippen LogP contribution in [0.15, 0.2) is 36.7 Å². The highest BCUT2D eigenvalue weighted by Crippen LogP contribution is 2.18.